The van der Waals surface area contributed by atoms with Gasteiger partial charge >= 0.3 is 0 Å². The first-order chi connectivity index (χ1) is 12.2. The van der Waals surface area contributed by atoms with Crippen LogP contribution in [0.3, 0.4) is 0 Å². The maximum absolute atomic E-state index is 14.4. The molecule has 0 spiro atoms. The first-order valence-electron chi connectivity index (χ1n) is 8.65. The molecule has 5 heteroatoms. The van der Waals surface area contributed by atoms with Crippen LogP contribution >= 0.6 is 0 Å². The number of carbonyl (C=O) groups excluding carboxylic acids is 1. The quantitative estimate of drug-likeness (QED) is 0.916. The Bertz CT molecular complexity index is 799. The summed E-state index contributed by atoms with van der Waals surface area (Å²) in [5.74, 6) is 0.817. The van der Waals surface area contributed by atoms with Gasteiger partial charge in [0.1, 0.15) is 19.0 Å². The molecule has 0 radical (unpaired) electrons. The Hall–Kier alpha value is -2.56. The summed E-state index contributed by atoms with van der Waals surface area (Å²) in [6, 6.07) is 11.9. The number of halogens is 1. The predicted molar refractivity (Wildman–Crippen MR) is 92.6 cm³/mol. The molecule has 0 aromatic heterocycles. The van der Waals surface area contributed by atoms with Crippen molar-refractivity contribution in [3.05, 3.63) is 53.8 Å². The molecule has 0 unspecified atom stereocenters. The van der Waals surface area contributed by atoms with Gasteiger partial charge in [0, 0.05) is 17.3 Å². The fourth-order valence-corrected chi connectivity index (χ4v) is 3.82. The molecule has 1 saturated carbocycles. The third-order valence-electron chi connectivity index (χ3n) is 5.08. The Morgan fingerprint density at radius 2 is 1.72 bits per heavy atom. The van der Waals surface area contributed by atoms with Gasteiger partial charge in [-0.3, -0.25) is 4.79 Å². The van der Waals surface area contributed by atoms with Crippen LogP contribution < -0.4 is 14.8 Å². The van der Waals surface area contributed by atoms with Crippen LogP contribution in [0.1, 0.15) is 31.2 Å². The first-order valence-corrected chi connectivity index (χ1v) is 8.65. The van der Waals surface area contributed by atoms with Crippen molar-refractivity contribution >= 4 is 11.6 Å². The van der Waals surface area contributed by atoms with Gasteiger partial charge in [0.2, 0.25) is 5.91 Å². The lowest BCUT2D eigenvalue weighted by molar-refractivity contribution is -0.121. The molecule has 1 amide bonds. The maximum Gasteiger partial charge on any atom is 0.235 e. The minimum Gasteiger partial charge on any atom is -0.486 e. The summed E-state index contributed by atoms with van der Waals surface area (Å²) >= 11 is 0. The molecule has 1 fully saturated rings. The van der Waals surface area contributed by atoms with Crippen LogP contribution in [0.5, 0.6) is 11.5 Å². The van der Waals surface area contributed by atoms with Crippen LogP contribution in [0.25, 0.3) is 0 Å². The molecule has 1 aliphatic carbocycles. The van der Waals surface area contributed by atoms with E-state index in [1.54, 1.807) is 36.4 Å². The highest BCUT2D eigenvalue weighted by Crippen LogP contribution is 2.43. The lowest BCUT2D eigenvalue weighted by atomic mass is 9.77. The lowest BCUT2D eigenvalue weighted by Crippen LogP contribution is -2.38. The van der Waals surface area contributed by atoms with Crippen molar-refractivity contribution in [1.82, 2.24) is 0 Å². The summed E-state index contributed by atoms with van der Waals surface area (Å²) in [5.41, 5.74) is 0.318. The van der Waals surface area contributed by atoms with E-state index in [-0.39, 0.29) is 11.7 Å². The number of fused-ring (bicyclic) bond motifs is 1. The van der Waals surface area contributed by atoms with E-state index in [2.05, 4.69) is 5.32 Å². The van der Waals surface area contributed by atoms with Crippen molar-refractivity contribution in [2.45, 2.75) is 31.1 Å². The Morgan fingerprint density at radius 1 is 1.00 bits per heavy atom. The number of anilines is 1. The Kier molecular flexibility index (Phi) is 4.07. The van der Waals surface area contributed by atoms with Crippen LogP contribution in [-0.4, -0.2) is 19.1 Å². The number of benzene rings is 2. The van der Waals surface area contributed by atoms with Gasteiger partial charge in [-0.2, -0.15) is 0 Å². The second-order valence-corrected chi connectivity index (χ2v) is 6.58. The second-order valence-electron chi connectivity index (χ2n) is 6.58. The largest absolute Gasteiger partial charge is 0.486 e. The number of hydrogen-bond donors (Lipinski definition) is 1. The van der Waals surface area contributed by atoms with Crippen molar-refractivity contribution in [3.8, 4) is 11.5 Å². The molecular formula is C20H20FNO3. The van der Waals surface area contributed by atoms with Crippen LogP contribution in [0, 0.1) is 5.82 Å². The van der Waals surface area contributed by atoms with Gasteiger partial charge in [-0.1, -0.05) is 31.0 Å². The van der Waals surface area contributed by atoms with Gasteiger partial charge in [0.15, 0.2) is 11.5 Å². The number of carbonyl (C=O) groups is 1. The van der Waals surface area contributed by atoms with E-state index in [9.17, 15) is 9.18 Å². The van der Waals surface area contributed by atoms with E-state index in [1.165, 1.54) is 6.07 Å². The first kappa shape index (κ1) is 15.9. The second kappa shape index (κ2) is 6.39. The Morgan fingerprint density at radius 3 is 2.48 bits per heavy atom. The van der Waals surface area contributed by atoms with Gasteiger partial charge < -0.3 is 14.8 Å². The van der Waals surface area contributed by atoms with Gasteiger partial charge in [-0.05, 0) is 31.0 Å². The number of rotatable bonds is 3. The third kappa shape index (κ3) is 2.84. The summed E-state index contributed by atoms with van der Waals surface area (Å²) in [5, 5.41) is 2.96. The SMILES string of the molecule is O=C(Nc1ccc2c(c1)OCCO2)C1(c2ccccc2F)CCCC1. The zero-order chi connectivity index (χ0) is 17.3. The highest BCUT2D eigenvalue weighted by atomic mass is 19.1. The van der Waals surface area contributed by atoms with E-state index in [0.717, 1.165) is 12.8 Å². The molecule has 2 aliphatic rings. The van der Waals surface area contributed by atoms with Crippen LogP contribution in [0.2, 0.25) is 0 Å². The minimum atomic E-state index is -0.807. The molecule has 1 heterocycles. The normalized spacial score (nSPS) is 18.0. The van der Waals surface area contributed by atoms with E-state index < -0.39 is 5.41 Å². The average molecular weight is 341 g/mol. The summed E-state index contributed by atoms with van der Waals surface area (Å²) in [6.45, 7) is 1.01. The van der Waals surface area contributed by atoms with E-state index >= 15 is 0 Å². The van der Waals surface area contributed by atoms with E-state index in [4.69, 9.17) is 9.47 Å². The molecule has 4 rings (SSSR count). The smallest absolute Gasteiger partial charge is 0.235 e. The van der Waals surface area contributed by atoms with Crippen LogP contribution in [0.4, 0.5) is 10.1 Å². The van der Waals surface area contributed by atoms with Crippen LogP contribution in [-0.2, 0) is 10.2 Å². The predicted octanol–water partition coefficient (Wildman–Crippen LogP) is 4.05. The topological polar surface area (TPSA) is 47.6 Å². The zero-order valence-electron chi connectivity index (χ0n) is 13.9. The standard InChI is InChI=1S/C20H20FNO3/c21-16-6-2-1-5-15(16)20(9-3-4-10-20)19(23)22-14-7-8-17-18(13-14)25-12-11-24-17/h1-2,5-8,13H,3-4,9-12H2,(H,22,23). The lowest BCUT2D eigenvalue weighted by Gasteiger charge is -2.29. The maximum atomic E-state index is 14.4. The highest BCUT2D eigenvalue weighted by molar-refractivity contribution is 5.99. The molecule has 1 N–H and O–H groups in total. The monoisotopic (exact) mass is 341 g/mol. The zero-order valence-corrected chi connectivity index (χ0v) is 13.9. The Balaban J connectivity index is 1.63. The number of nitrogens with one attached hydrogen (secondary N) is 1. The fraction of sp³-hybridized carbons (Fsp3) is 0.350. The molecule has 2 aromatic rings. The highest BCUT2D eigenvalue weighted by Gasteiger charge is 2.44. The number of ether oxygens (including phenoxy) is 2. The molecule has 0 atom stereocenters. The van der Waals surface area contributed by atoms with Crippen molar-refractivity contribution in [2.75, 3.05) is 18.5 Å². The number of amides is 1. The summed E-state index contributed by atoms with van der Waals surface area (Å²) in [7, 11) is 0. The molecule has 25 heavy (non-hydrogen) atoms. The van der Waals surface area contributed by atoms with E-state index in [1.807, 2.05) is 0 Å². The van der Waals surface area contributed by atoms with Crippen molar-refractivity contribution in [1.29, 1.82) is 0 Å². The van der Waals surface area contributed by atoms with Gasteiger partial charge in [-0.15, -0.1) is 0 Å². The van der Waals surface area contributed by atoms with E-state index in [0.29, 0.717) is 48.8 Å². The van der Waals surface area contributed by atoms with Crippen LogP contribution in [0.15, 0.2) is 42.5 Å². The fourth-order valence-electron chi connectivity index (χ4n) is 3.82. The molecule has 4 nitrogen and oxygen atoms in total. The molecule has 2 aromatic carbocycles. The van der Waals surface area contributed by atoms with Crippen molar-refractivity contribution < 1.29 is 18.7 Å². The third-order valence-corrected chi connectivity index (χ3v) is 5.08. The molecule has 1 aliphatic heterocycles. The summed E-state index contributed by atoms with van der Waals surface area (Å²) in [6.07, 6.45) is 3.15. The van der Waals surface area contributed by atoms with Crippen molar-refractivity contribution in [2.24, 2.45) is 0 Å². The molecule has 130 valence electrons. The number of hydrogen-bond acceptors (Lipinski definition) is 3. The average Bonchev–Trinajstić information content (AvgIpc) is 3.13. The van der Waals surface area contributed by atoms with Gasteiger partial charge in [-0.25, -0.2) is 4.39 Å². The molecular weight excluding hydrogens is 321 g/mol. The van der Waals surface area contributed by atoms with Crippen molar-refractivity contribution in [3.63, 3.8) is 0 Å². The summed E-state index contributed by atoms with van der Waals surface area (Å²) in [4.78, 5) is 13.1. The minimum absolute atomic E-state index is 0.160. The molecule has 0 bridgehead atoms. The Labute approximate surface area is 146 Å². The molecule has 0 saturated heterocycles. The van der Waals surface area contributed by atoms with Gasteiger partial charge in [0.25, 0.3) is 0 Å². The summed E-state index contributed by atoms with van der Waals surface area (Å²) < 4.78 is 25.5. The van der Waals surface area contributed by atoms with Gasteiger partial charge in [0.05, 0.1) is 5.41 Å².